The van der Waals surface area contributed by atoms with Gasteiger partial charge in [0.15, 0.2) is 0 Å². The van der Waals surface area contributed by atoms with Crippen LogP contribution in [0.15, 0.2) is 46.9 Å². The molecule has 2 aromatic rings. The van der Waals surface area contributed by atoms with Gasteiger partial charge in [-0.15, -0.1) is 0 Å². The second-order valence-electron chi connectivity index (χ2n) is 3.94. The monoisotopic (exact) mass is 291 g/mol. The van der Waals surface area contributed by atoms with Crippen molar-refractivity contribution in [3.63, 3.8) is 0 Å². The zero-order valence-electron chi connectivity index (χ0n) is 9.57. The topological polar surface area (TPSA) is 32.3 Å². The van der Waals surface area contributed by atoms with Crippen molar-refractivity contribution in [3.8, 4) is 5.75 Å². The van der Waals surface area contributed by atoms with Crippen molar-refractivity contribution in [1.29, 1.82) is 0 Å². The Labute approximate surface area is 109 Å². The number of aromatic hydroxyl groups is 1. The quantitative estimate of drug-likeness (QED) is 0.893. The van der Waals surface area contributed by atoms with E-state index in [1.165, 1.54) is 5.56 Å². The minimum atomic E-state index is 0.301. The fourth-order valence-corrected chi connectivity index (χ4v) is 2.03. The SMILES string of the molecule is Cc1c(Br)cccc1NCc1cccc(O)c1. The van der Waals surface area contributed by atoms with Crippen molar-refractivity contribution >= 4 is 21.6 Å². The molecule has 0 aliphatic carbocycles. The molecule has 0 fully saturated rings. The van der Waals surface area contributed by atoms with Crippen LogP contribution in [-0.2, 0) is 6.54 Å². The summed E-state index contributed by atoms with van der Waals surface area (Å²) in [7, 11) is 0. The second kappa shape index (κ2) is 5.23. The molecule has 0 aromatic heterocycles. The van der Waals surface area contributed by atoms with Crippen molar-refractivity contribution in [1.82, 2.24) is 0 Å². The molecule has 0 bridgehead atoms. The van der Waals surface area contributed by atoms with Gasteiger partial charge in [0, 0.05) is 16.7 Å². The largest absolute Gasteiger partial charge is 0.508 e. The van der Waals surface area contributed by atoms with Gasteiger partial charge in [-0.25, -0.2) is 0 Å². The molecular weight excluding hydrogens is 278 g/mol. The first-order chi connectivity index (χ1) is 8.16. The maximum absolute atomic E-state index is 9.37. The fourth-order valence-electron chi connectivity index (χ4n) is 1.66. The molecule has 88 valence electrons. The number of benzene rings is 2. The highest BCUT2D eigenvalue weighted by atomic mass is 79.9. The molecule has 2 N–H and O–H groups in total. The number of halogens is 1. The van der Waals surface area contributed by atoms with Gasteiger partial charge in [0.05, 0.1) is 0 Å². The minimum Gasteiger partial charge on any atom is -0.508 e. The summed E-state index contributed by atoms with van der Waals surface area (Å²) in [6, 6.07) is 13.3. The lowest BCUT2D eigenvalue weighted by molar-refractivity contribution is 0.474. The first-order valence-electron chi connectivity index (χ1n) is 5.44. The number of phenolic OH excluding ortho intramolecular Hbond substituents is 1. The summed E-state index contributed by atoms with van der Waals surface area (Å²) < 4.78 is 1.10. The Morgan fingerprint density at radius 3 is 2.71 bits per heavy atom. The van der Waals surface area contributed by atoms with Gasteiger partial charge in [-0.2, -0.15) is 0 Å². The first-order valence-corrected chi connectivity index (χ1v) is 6.23. The minimum absolute atomic E-state index is 0.301. The van der Waals surface area contributed by atoms with Crippen molar-refractivity contribution < 1.29 is 5.11 Å². The molecule has 0 atom stereocenters. The molecule has 17 heavy (non-hydrogen) atoms. The molecule has 2 nitrogen and oxygen atoms in total. The molecule has 0 amide bonds. The van der Waals surface area contributed by atoms with Gasteiger partial charge < -0.3 is 10.4 Å². The summed E-state index contributed by atoms with van der Waals surface area (Å²) >= 11 is 3.50. The number of nitrogens with one attached hydrogen (secondary N) is 1. The normalized spacial score (nSPS) is 10.2. The predicted octanol–water partition coefficient (Wildman–Crippen LogP) is 4.08. The van der Waals surface area contributed by atoms with Crippen LogP contribution in [0.5, 0.6) is 5.75 Å². The van der Waals surface area contributed by atoms with Gasteiger partial charge in [-0.3, -0.25) is 0 Å². The van der Waals surface area contributed by atoms with Gasteiger partial charge in [0.2, 0.25) is 0 Å². The smallest absolute Gasteiger partial charge is 0.115 e. The second-order valence-corrected chi connectivity index (χ2v) is 4.79. The third kappa shape index (κ3) is 3.01. The molecule has 0 aliphatic rings. The summed E-state index contributed by atoms with van der Waals surface area (Å²) in [6.07, 6.45) is 0. The van der Waals surface area contributed by atoms with E-state index in [9.17, 15) is 5.11 Å². The van der Waals surface area contributed by atoms with E-state index in [2.05, 4.69) is 28.2 Å². The first kappa shape index (κ1) is 12.0. The lowest BCUT2D eigenvalue weighted by Gasteiger charge is -2.10. The maximum Gasteiger partial charge on any atom is 0.115 e. The fraction of sp³-hybridized carbons (Fsp3) is 0.143. The Hall–Kier alpha value is -1.48. The number of hydrogen-bond acceptors (Lipinski definition) is 2. The zero-order valence-corrected chi connectivity index (χ0v) is 11.2. The van der Waals surface area contributed by atoms with Crippen LogP contribution in [0.1, 0.15) is 11.1 Å². The van der Waals surface area contributed by atoms with E-state index in [0.717, 1.165) is 15.7 Å². The van der Waals surface area contributed by atoms with Crippen LogP contribution in [0.25, 0.3) is 0 Å². The van der Waals surface area contributed by atoms with Gasteiger partial charge in [0.25, 0.3) is 0 Å². The molecule has 0 heterocycles. The van der Waals surface area contributed by atoms with Crippen LogP contribution >= 0.6 is 15.9 Å². The summed E-state index contributed by atoms with van der Waals surface area (Å²) in [5, 5.41) is 12.7. The summed E-state index contributed by atoms with van der Waals surface area (Å²) in [5.41, 5.74) is 3.35. The van der Waals surface area contributed by atoms with Gasteiger partial charge >= 0.3 is 0 Å². The van der Waals surface area contributed by atoms with Crippen molar-refractivity contribution in [3.05, 3.63) is 58.1 Å². The molecule has 2 rings (SSSR count). The average Bonchev–Trinajstić information content (AvgIpc) is 2.31. The van der Waals surface area contributed by atoms with E-state index in [4.69, 9.17) is 0 Å². The lowest BCUT2D eigenvalue weighted by atomic mass is 10.1. The number of anilines is 1. The molecule has 0 saturated carbocycles. The molecule has 3 heteroatoms. The maximum atomic E-state index is 9.37. The molecule has 0 aliphatic heterocycles. The Morgan fingerprint density at radius 1 is 1.18 bits per heavy atom. The highest BCUT2D eigenvalue weighted by Crippen LogP contribution is 2.24. The highest BCUT2D eigenvalue weighted by molar-refractivity contribution is 9.10. The van der Waals surface area contributed by atoms with E-state index >= 15 is 0 Å². The lowest BCUT2D eigenvalue weighted by Crippen LogP contribution is -2.00. The highest BCUT2D eigenvalue weighted by Gasteiger charge is 2.01. The van der Waals surface area contributed by atoms with E-state index in [1.807, 2.05) is 30.3 Å². The Bertz CT molecular complexity index is 525. The van der Waals surface area contributed by atoms with Crippen molar-refractivity contribution in [2.75, 3.05) is 5.32 Å². The summed E-state index contributed by atoms with van der Waals surface area (Å²) in [6.45, 7) is 2.76. The number of rotatable bonds is 3. The third-order valence-corrected chi connectivity index (χ3v) is 3.52. The molecule has 0 saturated heterocycles. The van der Waals surface area contributed by atoms with Crippen LogP contribution in [0.3, 0.4) is 0 Å². The van der Waals surface area contributed by atoms with E-state index < -0.39 is 0 Å². The Kier molecular flexibility index (Phi) is 3.69. The van der Waals surface area contributed by atoms with Crippen LogP contribution in [0.4, 0.5) is 5.69 Å². The van der Waals surface area contributed by atoms with Gasteiger partial charge in [-0.05, 0) is 42.3 Å². The molecule has 2 aromatic carbocycles. The van der Waals surface area contributed by atoms with E-state index in [-0.39, 0.29) is 0 Å². The van der Waals surface area contributed by atoms with Crippen LogP contribution in [-0.4, -0.2) is 5.11 Å². The van der Waals surface area contributed by atoms with Gasteiger partial charge in [-0.1, -0.05) is 34.1 Å². The van der Waals surface area contributed by atoms with Crippen molar-refractivity contribution in [2.24, 2.45) is 0 Å². The average molecular weight is 292 g/mol. The number of phenols is 1. The predicted molar refractivity (Wildman–Crippen MR) is 74.3 cm³/mol. The molecule has 0 radical (unpaired) electrons. The summed E-state index contributed by atoms with van der Waals surface area (Å²) in [4.78, 5) is 0. The van der Waals surface area contributed by atoms with Gasteiger partial charge in [0.1, 0.15) is 5.75 Å². The van der Waals surface area contributed by atoms with Crippen molar-refractivity contribution in [2.45, 2.75) is 13.5 Å². The zero-order chi connectivity index (χ0) is 12.3. The Balaban J connectivity index is 2.10. The standard InChI is InChI=1S/C14H14BrNO/c1-10-13(15)6-3-7-14(10)16-9-11-4-2-5-12(17)8-11/h2-8,16-17H,9H2,1H3. The van der Waals surface area contributed by atoms with Crippen LogP contribution < -0.4 is 5.32 Å². The van der Waals surface area contributed by atoms with E-state index in [1.54, 1.807) is 12.1 Å². The summed E-state index contributed by atoms with van der Waals surface area (Å²) in [5.74, 6) is 0.301. The van der Waals surface area contributed by atoms with E-state index in [0.29, 0.717) is 12.3 Å². The van der Waals surface area contributed by atoms with Crippen LogP contribution in [0, 0.1) is 6.92 Å². The third-order valence-electron chi connectivity index (χ3n) is 2.66. The number of hydrogen-bond donors (Lipinski definition) is 2. The molecular formula is C14H14BrNO. The molecule has 0 unspecified atom stereocenters. The Morgan fingerprint density at radius 2 is 1.94 bits per heavy atom. The van der Waals surface area contributed by atoms with Crippen LogP contribution in [0.2, 0.25) is 0 Å². The molecule has 0 spiro atoms.